The number of ether oxygens (including phenoxy) is 1. The number of carbonyl (C=O) groups excluding carboxylic acids is 2. The molecule has 1 heterocycles. The summed E-state index contributed by atoms with van der Waals surface area (Å²) in [7, 11) is 1.46. The van der Waals surface area contributed by atoms with Gasteiger partial charge in [-0.2, -0.15) is 0 Å². The van der Waals surface area contributed by atoms with Crippen LogP contribution < -0.4 is 9.64 Å². The van der Waals surface area contributed by atoms with Gasteiger partial charge in [0.15, 0.2) is 11.5 Å². The number of fused-ring (bicyclic) bond motifs is 1. The number of anilines is 1. The largest absolute Gasteiger partial charge is 0.503 e. The Bertz CT molecular complexity index is 1220. The highest BCUT2D eigenvalue weighted by Gasteiger charge is 2.35. The van der Waals surface area contributed by atoms with Gasteiger partial charge < -0.3 is 9.84 Å². The molecule has 0 spiro atoms. The quantitative estimate of drug-likeness (QED) is 0.428. The van der Waals surface area contributed by atoms with Gasteiger partial charge in [-0.25, -0.2) is 4.90 Å². The smallest absolute Gasteiger partial charge is 0.265 e. The van der Waals surface area contributed by atoms with Crippen LogP contribution in [0.25, 0.3) is 11.6 Å². The van der Waals surface area contributed by atoms with Gasteiger partial charge in [-0.1, -0.05) is 30.3 Å². The Balaban J connectivity index is 1.92. The van der Waals surface area contributed by atoms with Crippen molar-refractivity contribution in [3.63, 3.8) is 0 Å². The van der Waals surface area contributed by atoms with Crippen molar-refractivity contribution in [1.82, 2.24) is 0 Å². The predicted octanol–water partition coefficient (Wildman–Crippen LogP) is 5.20. The summed E-state index contributed by atoms with van der Waals surface area (Å²) in [6.45, 7) is 1.91. The Labute approximate surface area is 182 Å². The molecule has 0 atom stereocenters. The summed E-state index contributed by atoms with van der Waals surface area (Å²) < 4.78 is 5.66. The third kappa shape index (κ3) is 3.39. The lowest BCUT2D eigenvalue weighted by Gasteiger charge is -2.29. The summed E-state index contributed by atoms with van der Waals surface area (Å²) in [5.74, 6) is -0.513. The fourth-order valence-corrected chi connectivity index (χ4v) is 3.95. The van der Waals surface area contributed by atoms with Gasteiger partial charge in [-0.05, 0) is 76.0 Å². The third-order valence-electron chi connectivity index (χ3n) is 4.93. The molecule has 0 fully saturated rings. The molecule has 0 unspecified atom stereocenters. The minimum atomic E-state index is -0.410. The summed E-state index contributed by atoms with van der Waals surface area (Å²) in [6.07, 6.45) is 1.70. The standard InChI is InChI=1S/C24H18BrNO4/c1-14-6-5-7-16(10-14)26-23(28)18-9-4-3-8-17(18)19(24(26)29)11-15-12-20(25)22(27)21(13-15)30-2/h3-13,27H,1-2H3/b19-11+. The first-order valence-corrected chi connectivity index (χ1v) is 10.0. The normalized spacial score (nSPS) is 14.8. The van der Waals surface area contributed by atoms with Gasteiger partial charge in [0.05, 0.1) is 17.3 Å². The Hall–Kier alpha value is -3.38. The van der Waals surface area contributed by atoms with E-state index < -0.39 is 5.91 Å². The molecule has 1 aliphatic rings. The molecule has 150 valence electrons. The molecule has 1 aliphatic heterocycles. The average molecular weight is 464 g/mol. The van der Waals surface area contributed by atoms with Gasteiger partial charge >= 0.3 is 0 Å². The number of imide groups is 1. The van der Waals surface area contributed by atoms with Gasteiger partial charge in [-0.3, -0.25) is 9.59 Å². The van der Waals surface area contributed by atoms with Crippen LogP contribution in [-0.4, -0.2) is 24.0 Å². The lowest BCUT2D eigenvalue weighted by atomic mass is 9.91. The number of rotatable bonds is 3. The summed E-state index contributed by atoms with van der Waals surface area (Å²) in [6, 6.07) is 17.7. The molecule has 2 amide bonds. The average Bonchev–Trinajstić information content (AvgIpc) is 2.73. The SMILES string of the molecule is COc1cc(/C=C2/C(=O)N(c3cccc(C)c3)C(=O)c3ccccc32)cc(Br)c1O. The molecule has 0 bridgehead atoms. The van der Waals surface area contributed by atoms with E-state index in [1.807, 2.05) is 25.1 Å². The van der Waals surface area contributed by atoms with Crippen LogP contribution in [0.3, 0.4) is 0 Å². The number of nitrogens with zero attached hydrogens (tertiary/aromatic N) is 1. The molecule has 30 heavy (non-hydrogen) atoms. The molecule has 1 N–H and O–H groups in total. The van der Waals surface area contributed by atoms with Crippen LogP contribution in [0.2, 0.25) is 0 Å². The lowest BCUT2D eigenvalue weighted by Crippen LogP contribution is -2.41. The summed E-state index contributed by atoms with van der Waals surface area (Å²) in [5.41, 5.74) is 3.52. The van der Waals surface area contributed by atoms with E-state index in [9.17, 15) is 14.7 Å². The number of methoxy groups -OCH3 is 1. The predicted molar refractivity (Wildman–Crippen MR) is 120 cm³/mol. The first kappa shape index (κ1) is 19.9. The third-order valence-corrected chi connectivity index (χ3v) is 5.53. The second kappa shape index (κ2) is 7.80. The van der Waals surface area contributed by atoms with Crippen molar-refractivity contribution in [2.75, 3.05) is 12.0 Å². The Morgan fingerprint density at radius 3 is 2.40 bits per heavy atom. The minimum absolute atomic E-state index is 0.0217. The van der Waals surface area contributed by atoms with E-state index in [-0.39, 0.29) is 17.4 Å². The van der Waals surface area contributed by atoms with Crippen molar-refractivity contribution in [3.05, 3.63) is 87.4 Å². The number of carbonyl (C=O) groups is 2. The molecule has 3 aromatic carbocycles. The van der Waals surface area contributed by atoms with E-state index in [4.69, 9.17) is 4.74 Å². The van der Waals surface area contributed by atoms with Crippen LogP contribution in [-0.2, 0) is 4.79 Å². The van der Waals surface area contributed by atoms with Gasteiger partial charge in [0.25, 0.3) is 11.8 Å². The first-order valence-electron chi connectivity index (χ1n) is 9.23. The van der Waals surface area contributed by atoms with E-state index in [1.54, 1.807) is 48.5 Å². The topological polar surface area (TPSA) is 66.8 Å². The number of amides is 2. The van der Waals surface area contributed by atoms with Crippen molar-refractivity contribution in [1.29, 1.82) is 0 Å². The number of halogens is 1. The molecule has 5 nitrogen and oxygen atoms in total. The monoisotopic (exact) mass is 463 g/mol. The second-order valence-corrected chi connectivity index (χ2v) is 7.80. The number of phenols is 1. The van der Waals surface area contributed by atoms with Crippen molar-refractivity contribution < 1.29 is 19.4 Å². The zero-order valence-electron chi connectivity index (χ0n) is 16.3. The van der Waals surface area contributed by atoms with Crippen molar-refractivity contribution in [3.8, 4) is 11.5 Å². The number of benzene rings is 3. The fraction of sp³-hybridized carbons (Fsp3) is 0.0833. The van der Waals surface area contributed by atoms with Gasteiger partial charge in [0, 0.05) is 11.1 Å². The number of phenolic OH excluding ortho intramolecular Hbond substituents is 1. The molecular formula is C24H18BrNO4. The maximum Gasteiger partial charge on any atom is 0.265 e. The van der Waals surface area contributed by atoms with Crippen LogP contribution in [0.1, 0.15) is 27.0 Å². The van der Waals surface area contributed by atoms with E-state index in [2.05, 4.69) is 15.9 Å². The number of aryl methyl sites for hydroxylation is 1. The summed E-state index contributed by atoms with van der Waals surface area (Å²) >= 11 is 3.31. The number of hydrogen-bond donors (Lipinski definition) is 1. The molecule has 3 aromatic rings. The van der Waals surface area contributed by atoms with Crippen LogP contribution in [0, 0.1) is 6.92 Å². The van der Waals surface area contributed by atoms with Crippen molar-refractivity contribution in [2.24, 2.45) is 0 Å². The molecule has 6 heteroatoms. The maximum atomic E-state index is 13.5. The molecule has 0 aromatic heterocycles. The molecule has 0 aliphatic carbocycles. The van der Waals surface area contributed by atoms with E-state index in [1.165, 1.54) is 12.0 Å². The summed E-state index contributed by atoms with van der Waals surface area (Å²) in [5, 5.41) is 10.1. The maximum absolute atomic E-state index is 13.5. The molecule has 0 saturated carbocycles. The molecule has 4 rings (SSSR count). The molecule has 0 saturated heterocycles. The Morgan fingerprint density at radius 2 is 1.70 bits per heavy atom. The van der Waals surface area contributed by atoms with Crippen LogP contribution in [0.4, 0.5) is 5.69 Å². The van der Waals surface area contributed by atoms with Crippen LogP contribution in [0.5, 0.6) is 11.5 Å². The van der Waals surface area contributed by atoms with Gasteiger partial charge in [-0.15, -0.1) is 0 Å². The van der Waals surface area contributed by atoms with E-state index in [0.29, 0.717) is 32.4 Å². The highest BCUT2D eigenvalue weighted by Crippen LogP contribution is 2.38. The van der Waals surface area contributed by atoms with Crippen LogP contribution >= 0.6 is 15.9 Å². The Kier molecular flexibility index (Phi) is 5.18. The highest BCUT2D eigenvalue weighted by molar-refractivity contribution is 9.10. The van der Waals surface area contributed by atoms with Gasteiger partial charge in [0.2, 0.25) is 0 Å². The summed E-state index contributed by atoms with van der Waals surface area (Å²) in [4.78, 5) is 27.8. The lowest BCUT2D eigenvalue weighted by molar-refractivity contribution is -0.112. The highest BCUT2D eigenvalue weighted by atomic mass is 79.9. The second-order valence-electron chi connectivity index (χ2n) is 6.94. The van der Waals surface area contributed by atoms with Crippen LogP contribution in [0.15, 0.2) is 65.1 Å². The Morgan fingerprint density at radius 1 is 0.967 bits per heavy atom. The van der Waals surface area contributed by atoms with Crippen molar-refractivity contribution in [2.45, 2.75) is 6.92 Å². The number of aromatic hydroxyl groups is 1. The van der Waals surface area contributed by atoms with Gasteiger partial charge in [0.1, 0.15) is 0 Å². The van der Waals surface area contributed by atoms with Crippen molar-refractivity contribution >= 4 is 45.1 Å². The first-order chi connectivity index (χ1) is 14.4. The zero-order valence-corrected chi connectivity index (χ0v) is 17.9. The molecule has 0 radical (unpaired) electrons. The minimum Gasteiger partial charge on any atom is -0.503 e. The van der Waals surface area contributed by atoms with E-state index in [0.717, 1.165) is 5.56 Å². The fourth-order valence-electron chi connectivity index (χ4n) is 3.49. The molecular weight excluding hydrogens is 446 g/mol. The number of hydrogen-bond acceptors (Lipinski definition) is 4. The zero-order chi connectivity index (χ0) is 21.4. The van der Waals surface area contributed by atoms with E-state index >= 15 is 0 Å².